The molecule has 20 heavy (non-hydrogen) atoms. The zero-order valence-corrected chi connectivity index (χ0v) is 12.6. The molecule has 0 saturated heterocycles. The second-order valence-electron chi connectivity index (χ2n) is 5.18. The summed E-state index contributed by atoms with van der Waals surface area (Å²) in [5.41, 5.74) is 1.30. The number of nitrogens with zero attached hydrogens (tertiary/aromatic N) is 2. The van der Waals surface area contributed by atoms with Crippen LogP contribution in [0.3, 0.4) is 0 Å². The highest BCUT2D eigenvalue weighted by atomic mass is 35.5. The molecule has 1 heterocycles. The smallest absolute Gasteiger partial charge is 0.115 e. The van der Waals surface area contributed by atoms with Crippen molar-refractivity contribution in [1.82, 2.24) is 9.78 Å². The average molecular weight is 295 g/mol. The molecule has 108 valence electrons. The van der Waals surface area contributed by atoms with E-state index in [1.165, 1.54) is 0 Å². The average Bonchev–Trinajstić information content (AvgIpc) is 2.66. The number of aromatic hydroxyl groups is 1. The second-order valence-corrected chi connectivity index (χ2v) is 5.56. The summed E-state index contributed by atoms with van der Waals surface area (Å²) >= 11 is 6.31. The molecule has 0 aliphatic heterocycles. The molecule has 0 aliphatic rings. The number of aryl methyl sites for hydroxylation is 2. The van der Waals surface area contributed by atoms with Crippen LogP contribution in [0.4, 0.5) is 0 Å². The number of hydrogen-bond acceptors (Lipinski definition) is 3. The van der Waals surface area contributed by atoms with Crippen LogP contribution in [0.5, 0.6) is 5.75 Å². The van der Waals surface area contributed by atoms with Gasteiger partial charge in [0.15, 0.2) is 0 Å². The maximum absolute atomic E-state index is 10.7. The predicted molar refractivity (Wildman–Crippen MR) is 79.0 cm³/mol. The Labute approximate surface area is 123 Å². The van der Waals surface area contributed by atoms with Crippen LogP contribution in [-0.2, 0) is 25.5 Å². The van der Waals surface area contributed by atoms with Crippen LogP contribution in [0.25, 0.3) is 0 Å². The van der Waals surface area contributed by atoms with Crippen molar-refractivity contribution in [3.63, 3.8) is 0 Å². The van der Waals surface area contributed by atoms with E-state index in [4.69, 9.17) is 11.6 Å². The molecule has 1 aromatic heterocycles. The Hall–Kier alpha value is -1.52. The molecule has 1 unspecified atom stereocenters. The molecule has 4 nitrogen and oxygen atoms in total. The molecule has 2 N–H and O–H groups in total. The number of hydrogen-bond donors (Lipinski definition) is 2. The van der Waals surface area contributed by atoms with Crippen molar-refractivity contribution in [2.45, 2.75) is 32.3 Å². The van der Waals surface area contributed by atoms with Gasteiger partial charge in [-0.15, -0.1) is 0 Å². The van der Waals surface area contributed by atoms with Crippen molar-refractivity contribution in [3.05, 3.63) is 46.2 Å². The topological polar surface area (TPSA) is 58.3 Å². The Bertz CT molecular complexity index is 603. The molecule has 0 aliphatic carbocycles. The van der Waals surface area contributed by atoms with E-state index in [1.807, 2.05) is 14.0 Å². The Morgan fingerprint density at radius 2 is 1.90 bits per heavy atom. The Kier molecular flexibility index (Phi) is 4.06. The largest absolute Gasteiger partial charge is 0.508 e. The van der Waals surface area contributed by atoms with Gasteiger partial charge in [0.1, 0.15) is 5.75 Å². The fraction of sp³-hybridized carbons (Fsp3) is 0.400. The molecule has 2 rings (SSSR count). The quantitative estimate of drug-likeness (QED) is 0.911. The summed E-state index contributed by atoms with van der Waals surface area (Å²) in [4.78, 5) is 0. The van der Waals surface area contributed by atoms with Crippen molar-refractivity contribution in [2.24, 2.45) is 7.05 Å². The molecule has 0 fully saturated rings. The summed E-state index contributed by atoms with van der Waals surface area (Å²) in [6.45, 7) is 3.73. The fourth-order valence-corrected chi connectivity index (χ4v) is 2.62. The summed E-state index contributed by atoms with van der Waals surface area (Å²) in [5.74, 6) is 0.177. The summed E-state index contributed by atoms with van der Waals surface area (Å²) in [5, 5.41) is 25.0. The van der Waals surface area contributed by atoms with E-state index in [1.54, 1.807) is 35.9 Å². The van der Waals surface area contributed by atoms with Crippen molar-refractivity contribution in [1.29, 1.82) is 0 Å². The second kappa shape index (κ2) is 5.46. The summed E-state index contributed by atoms with van der Waals surface area (Å²) in [7, 11) is 1.83. The first kappa shape index (κ1) is 14.9. The van der Waals surface area contributed by atoms with Gasteiger partial charge in [0.05, 0.1) is 22.0 Å². The number of halogens is 1. The highest BCUT2D eigenvalue weighted by Gasteiger charge is 2.27. The van der Waals surface area contributed by atoms with Crippen LogP contribution >= 0.6 is 11.6 Å². The first-order valence-corrected chi connectivity index (χ1v) is 6.95. The Morgan fingerprint density at radius 3 is 2.40 bits per heavy atom. The van der Waals surface area contributed by atoms with Gasteiger partial charge in [0.25, 0.3) is 0 Å². The lowest BCUT2D eigenvalue weighted by atomic mass is 9.91. The lowest BCUT2D eigenvalue weighted by molar-refractivity contribution is 0.0556. The van der Waals surface area contributed by atoms with Gasteiger partial charge < -0.3 is 10.2 Å². The van der Waals surface area contributed by atoms with Gasteiger partial charge in [-0.05, 0) is 31.0 Å². The number of benzene rings is 1. The van der Waals surface area contributed by atoms with Crippen LogP contribution in [-0.4, -0.2) is 20.0 Å². The van der Waals surface area contributed by atoms with Crippen LogP contribution in [0, 0.1) is 0 Å². The van der Waals surface area contributed by atoms with Crippen molar-refractivity contribution in [3.8, 4) is 5.75 Å². The third-order valence-corrected chi connectivity index (χ3v) is 3.94. The predicted octanol–water partition coefficient (Wildman–Crippen LogP) is 2.79. The molecule has 0 saturated carbocycles. The van der Waals surface area contributed by atoms with Crippen molar-refractivity contribution >= 4 is 11.6 Å². The zero-order valence-electron chi connectivity index (χ0n) is 11.9. The van der Waals surface area contributed by atoms with E-state index in [0.717, 1.165) is 23.4 Å². The molecule has 5 heteroatoms. The van der Waals surface area contributed by atoms with Gasteiger partial charge in [-0.25, -0.2) is 0 Å². The number of phenolic OH excluding ortho intramolecular Hbond substituents is 1. The standard InChI is InChI=1S/C15H19ClN2O2/c1-4-12-14(16)13(18(3)17-12)9-15(2,20)10-5-7-11(19)8-6-10/h5-8,19-20H,4,9H2,1-3H3. The van der Waals surface area contributed by atoms with Crippen LogP contribution in [0.2, 0.25) is 5.02 Å². The molecule has 0 bridgehead atoms. The van der Waals surface area contributed by atoms with Gasteiger partial charge in [-0.2, -0.15) is 5.10 Å². The van der Waals surface area contributed by atoms with Crippen molar-refractivity contribution < 1.29 is 10.2 Å². The molecule has 2 aromatic rings. The van der Waals surface area contributed by atoms with Crippen LogP contribution in [0.1, 0.15) is 30.8 Å². The normalized spacial score (nSPS) is 14.2. The van der Waals surface area contributed by atoms with E-state index < -0.39 is 5.60 Å². The summed E-state index contributed by atoms with van der Waals surface area (Å²) in [6.07, 6.45) is 1.12. The lowest BCUT2D eigenvalue weighted by Gasteiger charge is -2.24. The highest BCUT2D eigenvalue weighted by molar-refractivity contribution is 6.31. The van der Waals surface area contributed by atoms with Crippen LogP contribution < -0.4 is 0 Å². The van der Waals surface area contributed by atoms with E-state index in [2.05, 4.69) is 5.10 Å². The van der Waals surface area contributed by atoms with E-state index in [9.17, 15) is 10.2 Å². The summed E-state index contributed by atoms with van der Waals surface area (Å²) in [6, 6.07) is 6.54. The molecule has 0 spiro atoms. The van der Waals surface area contributed by atoms with Gasteiger partial charge >= 0.3 is 0 Å². The molecular formula is C15H19ClN2O2. The first-order valence-electron chi connectivity index (χ1n) is 6.57. The van der Waals surface area contributed by atoms with Gasteiger partial charge in [-0.1, -0.05) is 30.7 Å². The Balaban J connectivity index is 2.32. The number of aromatic nitrogens is 2. The molecule has 1 aromatic carbocycles. The van der Waals surface area contributed by atoms with Crippen LogP contribution in [0.15, 0.2) is 24.3 Å². The minimum atomic E-state index is -1.07. The third-order valence-electron chi connectivity index (χ3n) is 3.50. The third kappa shape index (κ3) is 2.81. The lowest BCUT2D eigenvalue weighted by Crippen LogP contribution is -2.25. The minimum absolute atomic E-state index is 0.177. The molecule has 0 radical (unpaired) electrons. The summed E-state index contributed by atoms with van der Waals surface area (Å²) < 4.78 is 1.72. The number of phenols is 1. The van der Waals surface area contributed by atoms with Gasteiger partial charge in [0.2, 0.25) is 0 Å². The van der Waals surface area contributed by atoms with Gasteiger partial charge in [0, 0.05) is 13.5 Å². The van der Waals surface area contributed by atoms with Gasteiger partial charge in [-0.3, -0.25) is 4.68 Å². The SMILES string of the molecule is CCc1nn(C)c(CC(C)(O)c2ccc(O)cc2)c1Cl. The molecular weight excluding hydrogens is 276 g/mol. The monoisotopic (exact) mass is 294 g/mol. The number of aliphatic hydroxyl groups is 1. The first-order chi connectivity index (χ1) is 9.35. The zero-order chi connectivity index (χ0) is 14.9. The molecule has 1 atom stereocenters. The number of rotatable bonds is 4. The van der Waals surface area contributed by atoms with E-state index in [0.29, 0.717) is 11.4 Å². The molecule has 0 amide bonds. The maximum Gasteiger partial charge on any atom is 0.115 e. The Morgan fingerprint density at radius 1 is 1.30 bits per heavy atom. The maximum atomic E-state index is 10.7. The fourth-order valence-electron chi connectivity index (χ4n) is 2.26. The van der Waals surface area contributed by atoms with E-state index in [-0.39, 0.29) is 5.75 Å². The van der Waals surface area contributed by atoms with E-state index >= 15 is 0 Å². The van der Waals surface area contributed by atoms with Crippen molar-refractivity contribution in [2.75, 3.05) is 0 Å². The highest BCUT2D eigenvalue weighted by Crippen LogP contribution is 2.30. The minimum Gasteiger partial charge on any atom is -0.508 e.